The van der Waals surface area contributed by atoms with E-state index in [1.807, 2.05) is 13.8 Å². The molecule has 0 saturated carbocycles. The molecule has 1 aromatic carbocycles. The third kappa shape index (κ3) is 3.65. The van der Waals surface area contributed by atoms with Gasteiger partial charge in [-0.15, -0.1) is 0 Å². The number of aliphatic hydroxyl groups excluding tert-OH is 1. The van der Waals surface area contributed by atoms with Gasteiger partial charge in [0, 0.05) is 19.7 Å². The topological polar surface area (TPSA) is 32.7 Å². The minimum Gasteiger partial charge on any atom is -0.392 e. The number of ether oxygens (including phenoxy) is 1. The van der Waals surface area contributed by atoms with Crippen LogP contribution in [0.3, 0.4) is 0 Å². The van der Waals surface area contributed by atoms with Crippen LogP contribution in [-0.4, -0.2) is 31.4 Å². The monoisotopic (exact) mass is 259 g/mol. The lowest BCUT2D eigenvalue weighted by Crippen LogP contribution is -2.29. The molecule has 0 aliphatic heterocycles. The SMILES string of the molecule is CCOCCN(CC)c1c(F)cc(CO)cc1F. The molecule has 1 aromatic rings. The standard InChI is InChI=1S/C13H19F2NO2/c1-3-16(5-6-18-4-2)13-11(14)7-10(9-17)8-12(13)15/h7-8,17H,3-6,9H2,1-2H3. The maximum Gasteiger partial charge on any atom is 0.149 e. The first-order valence-corrected chi connectivity index (χ1v) is 6.05. The fourth-order valence-corrected chi connectivity index (χ4v) is 1.76. The van der Waals surface area contributed by atoms with Gasteiger partial charge in [0.05, 0.1) is 13.2 Å². The molecule has 0 saturated heterocycles. The Morgan fingerprint density at radius 1 is 1.22 bits per heavy atom. The number of likely N-dealkylation sites (N-methyl/N-ethyl adjacent to an activating group) is 1. The van der Waals surface area contributed by atoms with Crippen molar-refractivity contribution in [2.24, 2.45) is 0 Å². The van der Waals surface area contributed by atoms with E-state index >= 15 is 0 Å². The minimum absolute atomic E-state index is 0.0607. The van der Waals surface area contributed by atoms with E-state index in [4.69, 9.17) is 9.84 Å². The first-order chi connectivity index (χ1) is 8.63. The number of rotatable bonds is 7. The van der Waals surface area contributed by atoms with Crippen molar-refractivity contribution in [3.63, 3.8) is 0 Å². The van der Waals surface area contributed by atoms with Crippen molar-refractivity contribution in [1.29, 1.82) is 0 Å². The zero-order valence-electron chi connectivity index (χ0n) is 10.7. The second-order valence-electron chi connectivity index (χ2n) is 3.84. The number of anilines is 1. The van der Waals surface area contributed by atoms with E-state index in [2.05, 4.69) is 0 Å². The summed E-state index contributed by atoms with van der Waals surface area (Å²) >= 11 is 0. The molecule has 0 radical (unpaired) electrons. The average molecular weight is 259 g/mol. The van der Waals surface area contributed by atoms with Gasteiger partial charge in [0.15, 0.2) is 0 Å². The molecular formula is C13H19F2NO2. The van der Waals surface area contributed by atoms with Gasteiger partial charge in [-0.05, 0) is 31.5 Å². The van der Waals surface area contributed by atoms with Gasteiger partial charge in [-0.1, -0.05) is 0 Å². The Kier molecular flexibility index (Phi) is 6.01. The van der Waals surface area contributed by atoms with Gasteiger partial charge in [0.25, 0.3) is 0 Å². The molecule has 0 fully saturated rings. The maximum absolute atomic E-state index is 13.8. The van der Waals surface area contributed by atoms with Crippen LogP contribution in [-0.2, 0) is 11.3 Å². The van der Waals surface area contributed by atoms with Crippen molar-refractivity contribution >= 4 is 5.69 Å². The zero-order valence-corrected chi connectivity index (χ0v) is 10.7. The van der Waals surface area contributed by atoms with E-state index < -0.39 is 11.6 Å². The van der Waals surface area contributed by atoms with Crippen molar-refractivity contribution in [2.45, 2.75) is 20.5 Å². The molecule has 0 atom stereocenters. The fraction of sp³-hybridized carbons (Fsp3) is 0.538. The normalized spacial score (nSPS) is 10.7. The lowest BCUT2D eigenvalue weighted by molar-refractivity contribution is 0.154. The van der Waals surface area contributed by atoms with Gasteiger partial charge < -0.3 is 14.7 Å². The molecule has 0 bridgehead atoms. The lowest BCUT2D eigenvalue weighted by atomic mass is 10.1. The van der Waals surface area contributed by atoms with Crippen LogP contribution in [0.5, 0.6) is 0 Å². The third-order valence-electron chi connectivity index (χ3n) is 2.67. The summed E-state index contributed by atoms with van der Waals surface area (Å²) < 4.78 is 32.8. The lowest BCUT2D eigenvalue weighted by Gasteiger charge is -2.24. The Hall–Kier alpha value is -1.20. The van der Waals surface area contributed by atoms with E-state index in [9.17, 15) is 8.78 Å². The quantitative estimate of drug-likeness (QED) is 0.763. The van der Waals surface area contributed by atoms with Crippen molar-refractivity contribution in [3.8, 4) is 0 Å². The summed E-state index contributed by atoms with van der Waals surface area (Å²) in [7, 11) is 0. The van der Waals surface area contributed by atoms with E-state index in [0.717, 1.165) is 12.1 Å². The highest BCUT2D eigenvalue weighted by atomic mass is 19.1. The molecule has 1 rings (SSSR count). The number of halogens is 2. The molecule has 3 nitrogen and oxygen atoms in total. The fourth-order valence-electron chi connectivity index (χ4n) is 1.76. The van der Waals surface area contributed by atoms with E-state index in [1.54, 1.807) is 4.90 Å². The molecule has 0 unspecified atom stereocenters. The Labute approximate surface area is 106 Å². The molecule has 0 aliphatic carbocycles. The van der Waals surface area contributed by atoms with Crippen molar-refractivity contribution in [2.75, 3.05) is 31.2 Å². The van der Waals surface area contributed by atoms with Crippen molar-refractivity contribution in [1.82, 2.24) is 0 Å². The molecule has 0 aliphatic rings. The second-order valence-corrected chi connectivity index (χ2v) is 3.84. The first kappa shape index (κ1) is 14.9. The molecule has 1 N–H and O–H groups in total. The highest BCUT2D eigenvalue weighted by molar-refractivity contribution is 5.50. The molecule has 5 heteroatoms. The van der Waals surface area contributed by atoms with E-state index in [1.165, 1.54) is 0 Å². The number of benzene rings is 1. The summed E-state index contributed by atoms with van der Waals surface area (Å²) in [6.07, 6.45) is 0. The van der Waals surface area contributed by atoms with Gasteiger partial charge >= 0.3 is 0 Å². The average Bonchev–Trinajstić information content (AvgIpc) is 2.35. The Bertz CT molecular complexity index is 362. The van der Waals surface area contributed by atoms with Gasteiger partial charge in [-0.2, -0.15) is 0 Å². The van der Waals surface area contributed by atoms with Crippen LogP contribution in [0.2, 0.25) is 0 Å². The van der Waals surface area contributed by atoms with Crippen LogP contribution in [0.4, 0.5) is 14.5 Å². The predicted octanol–water partition coefficient (Wildman–Crippen LogP) is 2.32. The van der Waals surface area contributed by atoms with Crippen LogP contribution < -0.4 is 4.90 Å². The number of hydrogen-bond donors (Lipinski definition) is 1. The summed E-state index contributed by atoms with van der Waals surface area (Å²) in [6.45, 7) is 5.23. The van der Waals surface area contributed by atoms with Crippen LogP contribution in [0.15, 0.2) is 12.1 Å². The minimum atomic E-state index is -0.655. The van der Waals surface area contributed by atoms with Crippen molar-refractivity contribution in [3.05, 3.63) is 29.3 Å². The number of aliphatic hydroxyl groups is 1. The molecule has 0 spiro atoms. The third-order valence-corrected chi connectivity index (χ3v) is 2.67. The summed E-state index contributed by atoms with van der Waals surface area (Å²) in [5, 5.41) is 8.88. The van der Waals surface area contributed by atoms with Crippen LogP contribution >= 0.6 is 0 Å². The largest absolute Gasteiger partial charge is 0.392 e. The zero-order chi connectivity index (χ0) is 13.5. The second kappa shape index (κ2) is 7.28. The van der Waals surface area contributed by atoms with Gasteiger partial charge in [0.1, 0.15) is 17.3 Å². The molecule has 0 heterocycles. The summed E-state index contributed by atoms with van der Waals surface area (Å²) in [5.74, 6) is -1.31. The number of hydrogen-bond acceptors (Lipinski definition) is 3. The smallest absolute Gasteiger partial charge is 0.149 e. The molecular weight excluding hydrogens is 240 g/mol. The van der Waals surface area contributed by atoms with Crippen LogP contribution in [0.25, 0.3) is 0 Å². The van der Waals surface area contributed by atoms with Gasteiger partial charge in [0.2, 0.25) is 0 Å². The van der Waals surface area contributed by atoms with Crippen LogP contribution in [0, 0.1) is 11.6 Å². The number of nitrogens with zero attached hydrogens (tertiary/aromatic N) is 1. The summed E-state index contributed by atoms with van der Waals surface area (Å²) in [6, 6.07) is 2.31. The van der Waals surface area contributed by atoms with E-state index in [0.29, 0.717) is 26.3 Å². The van der Waals surface area contributed by atoms with Crippen LogP contribution in [0.1, 0.15) is 19.4 Å². The Balaban J connectivity index is 2.91. The van der Waals surface area contributed by atoms with Gasteiger partial charge in [-0.25, -0.2) is 8.78 Å². The summed E-state index contributed by atoms with van der Waals surface area (Å²) in [4.78, 5) is 1.58. The first-order valence-electron chi connectivity index (χ1n) is 6.05. The summed E-state index contributed by atoms with van der Waals surface area (Å²) in [5.41, 5.74) is 0.170. The molecule has 0 amide bonds. The highest BCUT2D eigenvalue weighted by Gasteiger charge is 2.16. The Morgan fingerprint density at radius 2 is 1.83 bits per heavy atom. The maximum atomic E-state index is 13.8. The van der Waals surface area contributed by atoms with Gasteiger partial charge in [-0.3, -0.25) is 0 Å². The highest BCUT2D eigenvalue weighted by Crippen LogP contribution is 2.24. The predicted molar refractivity (Wildman–Crippen MR) is 66.7 cm³/mol. The Morgan fingerprint density at radius 3 is 2.28 bits per heavy atom. The van der Waals surface area contributed by atoms with Crippen molar-refractivity contribution < 1.29 is 18.6 Å². The van der Waals surface area contributed by atoms with E-state index in [-0.39, 0.29) is 17.9 Å². The molecule has 0 aromatic heterocycles. The molecule has 18 heavy (non-hydrogen) atoms. The molecule has 102 valence electrons.